The quantitative estimate of drug-likeness (QED) is 0.741. The van der Waals surface area contributed by atoms with Gasteiger partial charge in [-0.05, 0) is 23.7 Å². The number of aromatic nitrogens is 1. The molecule has 0 atom stereocenters. The van der Waals surface area contributed by atoms with Gasteiger partial charge in [-0.3, -0.25) is 0 Å². The summed E-state index contributed by atoms with van der Waals surface area (Å²) in [5.41, 5.74) is 5.53. The minimum atomic E-state index is 0.317. The van der Waals surface area contributed by atoms with Gasteiger partial charge in [0.2, 0.25) is 0 Å². The fourth-order valence-corrected chi connectivity index (χ4v) is 1.46. The number of pyridine rings is 1. The maximum Gasteiger partial charge on any atom is 0.171 e. The lowest BCUT2D eigenvalue weighted by atomic mass is 10.2. The second-order valence-corrected chi connectivity index (χ2v) is 3.71. The first-order valence-corrected chi connectivity index (χ1v) is 4.97. The number of nitrogens with zero attached hydrogens (tertiary/aromatic N) is 2. The summed E-state index contributed by atoms with van der Waals surface area (Å²) in [5, 5.41) is 2.56. The number of hydrogen-bond acceptors (Lipinski definition) is 2. The number of thiocarbonyl (C=S) groups is 1. The zero-order valence-corrected chi connectivity index (χ0v) is 9.16. The van der Waals surface area contributed by atoms with E-state index in [1.807, 2.05) is 36.5 Å². The number of rotatable bonds is 1. The van der Waals surface area contributed by atoms with Crippen LogP contribution in [0.15, 0.2) is 36.5 Å². The van der Waals surface area contributed by atoms with Crippen molar-refractivity contribution in [3.8, 4) is 0 Å². The summed E-state index contributed by atoms with van der Waals surface area (Å²) in [5.74, 6) is 0.765. The second-order valence-electron chi connectivity index (χ2n) is 3.29. The molecule has 4 heteroatoms. The van der Waals surface area contributed by atoms with Crippen molar-refractivity contribution in [2.75, 3.05) is 11.9 Å². The SMILES string of the molecule is CN(C(N)=S)c1cc2ccccc2cn1. The van der Waals surface area contributed by atoms with Gasteiger partial charge in [0.05, 0.1) is 0 Å². The molecule has 0 aliphatic carbocycles. The van der Waals surface area contributed by atoms with Crippen LogP contribution in [0.1, 0.15) is 0 Å². The number of benzene rings is 1. The van der Waals surface area contributed by atoms with Gasteiger partial charge >= 0.3 is 0 Å². The Hall–Kier alpha value is -1.68. The lowest BCUT2D eigenvalue weighted by molar-refractivity contribution is 1.18. The van der Waals surface area contributed by atoms with Crippen LogP contribution >= 0.6 is 12.2 Å². The van der Waals surface area contributed by atoms with E-state index in [1.165, 1.54) is 0 Å². The minimum Gasteiger partial charge on any atom is -0.376 e. The third kappa shape index (κ3) is 1.89. The highest BCUT2D eigenvalue weighted by molar-refractivity contribution is 7.80. The standard InChI is InChI=1S/C11H11N3S/c1-14(11(12)15)10-6-8-4-2-3-5-9(8)7-13-10/h2-7H,1H3,(H2,12,15). The van der Waals surface area contributed by atoms with Crippen molar-refractivity contribution in [2.45, 2.75) is 0 Å². The molecule has 1 aromatic heterocycles. The lowest BCUT2D eigenvalue weighted by Crippen LogP contribution is -2.32. The second kappa shape index (κ2) is 3.82. The molecule has 76 valence electrons. The number of hydrogen-bond donors (Lipinski definition) is 1. The highest BCUT2D eigenvalue weighted by atomic mass is 32.1. The Kier molecular flexibility index (Phi) is 2.51. The van der Waals surface area contributed by atoms with E-state index in [2.05, 4.69) is 4.98 Å². The topological polar surface area (TPSA) is 42.1 Å². The van der Waals surface area contributed by atoms with Crippen molar-refractivity contribution in [3.05, 3.63) is 36.5 Å². The third-order valence-electron chi connectivity index (χ3n) is 2.29. The van der Waals surface area contributed by atoms with Gasteiger partial charge in [0, 0.05) is 18.6 Å². The summed E-state index contributed by atoms with van der Waals surface area (Å²) in [6, 6.07) is 10.0. The molecule has 0 saturated carbocycles. The van der Waals surface area contributed by atoms with Crippen LogP contribution in [0, 0.1) is 0 Å². The summed E-state index contributed by atoms with van der Waals surface area (Å²) in [6.45, 7) is 0. The molecule has 1 aromatic carbocycles. The van der Waals surface area contributed by atoms with Gasteiger partial charge in [-0.15, -0.1) is 0 Å². The van der Waals surface area contributed by atoms with Gasteiger partial charge in [0.1, 0.15) is 5.82 Å². The molecule has 0 unspecified atom stereocenters. The first-order valence-electron chi connectivity index (χ1n) is 4.56. The zero-order chi connectivity index (χ0) is 10.8. The zero-order valence-electron chi connectivity index (χ0n) is 8.34. The lowest BCUT2D eigenvalue weighted by Gasteiger charge is -2.15. The summed E-state index contributed by atoms with van der Waals surface area (Å²) < 4.78 is 0. The van der Waals surface area contributed by atoms with Gasteiger partial charge in [-0.1, -0.05) is 24.3 Å². The predicted octanol–water partition coefficient (Wildman–Crippen LogP) is 1.91. The van der Waals surface area contributed by atoms with Crippen molar-refractivity contribution < 1.29 is 0 Å². The highest BCUT2D eigenvalue weighted by Crippen LogP contribution is 2.17. The Morgan fingerprint density at radius 1 is 1.33 bits per heavy atom. The molecule has 0 bridgehead atoms. The Labute approximate surface area is 93.5 Å². The summed E-state index contributed by atoms with van der Waals surface area (Å²) >= 11 is 4.89. The molecule has 0 amide bonds. The fraction of sp³-hybridized carbons (Fsp3) is 0.0909. The van der Waals surface area contributed by atoms with E-state index in [-0.39, 0.29) is 0 Å². The molecular weight excluding hydrogens is 206 g/mol. The van der Waals surface area contributed by atoms with Crippen LogP contribution in [0.3, 0.4) is 0 Å². The Balaban J connectivity index is 2.51. The van der Waals surface area contributed by atoms with Crippen molar-refractivity contribution >= 4 is 33.9 Å². The molecule has 2 N–H and O–H groups in total. The summed E-state index contributed by atoms with van der Waals surface area (Å²) in [6.07, 6.45) is 1.82. The molecule has 0 aliphatic heterocycles. The first-order chi connectivity index (χ1) is 7.18. The molecule has 0 fully saturated rings. The maximum atomic E-state index is 5.53. The van der Waals surface area contributed by atoms with Gasteiger partial charge in [0.15, 0.2) is 5.11 Å². The Morgan fingerprint density at radius 3 is 2.67 bits per heavy atom. The summed E-state index contributed by atoms with van der Waals surface area (Å²) in [4.78, 5) is 5.97. The molecular formula is C11H11N3S. The molecule has 1 heterocycles. The molecule has 2 aromatic rings. The van der Waals surface area contributed by atoms with Crippen LogP contribution in [0.2, 0.25) is 0 Å². The number of anilines is 1. The Morgan fingerprint density at radius 2 is 2.00 bits per heavy atom. The van der Waals surface area contributed by atoms with Crippen LogP contribution in [0.5, 0.6) is 0 Å². The van der Waals surface area contributed by atoms with Crippen molar-refractivity contribution in [1.82, 2.24) is 4.98 Å². The van der Waals surface area contributed by atoms with Crippen molar-refractivity contribution in [3.63, 3.8) is 0 Å². The van der Waals surface area contributed by atoms with Crippen LogP contribution in [-0.4, -0.2) is 17.1 Å². The van der Waals surface area contributed by atoms with Crippen LogP contribution in [0.4, 0.5) is 5.82 Å². The van der Waals surface area contributed by atoms with Gasteiger partial charge in [-0.25, -0.2) is 4.98 Å². The highest BCUT2D eigenvalue weighted by Gasteiger charge is 2.04. The maximum absolute atomic E-state index is 5.53. The van der Waals surface area contributed by atoms with Crippen LogP contribution in [-0.2, 0) is 0 Å². The average molecular weight is 217 g/mol. The van der Waals surface area contributed by atoms with Crippen molar-refractivity contribution in [1.29, 1.82) is 0 Å². The molecule has 3 nitrogen and oxygen atoms in total. The average Bonchev–Trinajstić information content (AvgIpc) is 2.27. The molecule has 2 rings (SSSR count). The van der Waals surface area contributed by atoms with E-state index >= 15 is 0 Å². The normalized spacial score (nSPS) is 10.2. The smallest absolute Gasteiger partial charge is 0.171 e. The fourth-order valence-electron chi connectivity index (χ4n) is 1.37. The molecule has 15 heavy (non-hydrogen) atoms. The number of nitrogens with two attached hydrogens (primary N) is 1. The van der Waals surface area contributed by atoms with Gasteiger partial charge < -0.3 is 10.6 Å². The first kappa shape index (κ1) is 9.86. The van der Waals surface area contributed by atoms with Crippen LogP contribution in [0.25, 0.3) is 10.8 Å². The van der Waals surface area contributed by atoms with Crippen LogP contribution < -0.4 is 10.6 Å². The predicted molar refractivity (Wildman–Crippen MR) is 66.9 cm³/mol. The van der Waals surface area contributed by atoms with E-state index in [0.717, 1.165) is 16.6 Å². The molecule has 0 spiro atoms. The molecule has 0 radical (unpaired) electrons. The monoisotopic (exact) mass is 217 g/mol. The van der Waals surface area contributed by atoms with Crippen molar-refractivity contribution in [2.24, 2.45) is 5.73 Å². The largest absolute Gasteiger partial charge is 0.376 e. The van der Waals surface area contributed by atoms with E-state index in [0.29, 0.717) is 5.11 Å². The Bertz CT molecular complexity index is 510. The van der Waals surface area contributed by atoms with E-state index in [1.54, 1.807) is 11.9 Å². The van der Waals surface area contributed by atoms with E-state index < -0.39 is 0 Å². The number of fused-ring (bicyclic) bond motifs is 1. The van der Waals surface area contributed by atoms with Gasteiger partial charge in [-0.2, -0.15) is 0 Å². The molecule has 0 saturated heterocycles. The van der Waals surface area contributed by atoms with Gasteiger partial charge in [0.25, 0.3) is 0 Å². The van der Waals surface area contributed by atoms with E-state index in [4.69, 9.17) is 18.0 Å². The summed E-state index contributed by atoms with van der Waals surface area (Å²) in [7, 11) is 1.80. The van der Waals surface area contributed by atoms with E-state index in [9.17, 15) is 0 Å². The minimum absolute atomic E-state index is 0.317. The third-order valence-corrected chi connectivity index (χ3v) is 2.56. The molecule has 0 aliphatic rings.